The van der Waals surface area contributed by atoms with Crippen LogP contribution >= 0.6 is 0 Å². The number of halogens is 3. The standard InChI is InChI=1S/C14H14F3N5O/c1-8(23)12-18-4-2-11(21-12)22-5-3-10-9(7-22)6-19-13(20-10)14(15,16)17/h2,4,6,8,23H,3,5,7H2,1H3. The maximum absolute atomic E-state index is 12.6. The first kappa shape index (κ1) is 15.6. The second kappa shape index (κ2) is 5.73. The maximum atomic E-state index is 12.6. The molecule has 122 valence electrons. The average Bonchev–Trinajstić information content (AvgIpc) is 2.53. The van der Waals surface area contributed by atoms with Gasteiger partial charge in [0.25, 0.3) is 0 Å². The molecule has 3 heterocycles. The van der Waals surface area contributed by atoms with E-state index < -0.39 is 18.1 Å². The smallest absolute Gasteiger partial charge is 0.385 e. The summed E-state index contributed by atoms with van der Waals surface area (Å²) >= 11 is 0. The lowest BCUT2D eigenvalue weighted by atomic mass is 10.1. The molecule has 0 fully saturated rings. The van der Waals surface area contributed by atoms with Crippen LogP contribution in [-0.2, 0) is 19.1 Å². The Bertz CT molecular complexity index is 720. The van der Waals surface area contributed by atoms with Gasteiger partial charge in [-0.2, -0.15) is 13.2 Å². The van der Waals surface area contributed by atoms with Gasteiger partial charge < -0.3 is 10.0 Å². The molecule has 2 aromatic heterocycles. The molecule has 0 radical (unpaired) electrons. The summed E-state index contributed by atoms with van der Waals surface area (Å²) in [4.78, 5) is 17.2. The van der Waals surface area contributed by atoms with Gasteiger partial charge in [0, 0.05) is 37.5 Å². The van der Waals surface area contributed by atoms with E-state index in [1.807, 2.05) is 4.90 Å². The number of aromatic nitrogens is 4. The van der Waals surface area contributed by atoms with Gasteiger partial charge in [-0.25, -0.2) is 19.9 Å². The molecule has 0 spiro atoms. The highest BCUT2D eigenvalue weighted by atomic mass is 19.4. The summed E-state index contributed by atoms with van der Waals surface area (Å²) in [6.07, 6.45) is -2.19. The van der Waals surface area contributed by atoms with Gasteiger partial charge in [-0.05, 0) is 13.0 Å². The van der Waals surface area contributed by atoms with Crippen LogP contribution in [0.4, 0.5) is 19.0 Å². The molecule has 9 heteroatoms. The third kappa shape index (κ3) is 3.24. The number of anilines is 1. The second-order valence-corrected chi connectivity index (χ2v) is 5.28. The number of aliphatic hydroxyl groups is 1. The van der Waals surface area contributed by atoms with Gasteiger partial charge in [0.2, 0.25) is 5.82 Å². The van der Waals surface area contributed by atoms with Gasteiger partial charge >= 0.3 is 6.18 Å². The number of fused-ring (bicyclic) bond motifs is 1. The van der Waals surface area contributed by atoms with Crippen LogP contribution in [-0.4, -0.2) is 31.6 Å². The lowest BCUT2D eigenvalue weighted by Gasteiger charge is -2.29. The van der Waals surface area contributed by atoms with E-state index in [1.54, 1.807) is 19.2 Å². The minimum Gasteiger partial charge on any atom is -0.385 e. The molecule has 1 aliphatic heterocycles. The van der Waals surface area contributed by atoms with Crippen molar-refractivity contribution in [1.82, 2.24) is 19.9 Å². The molecule has 0 bridgehead atoms. The second-order valence-electron chi connectivity index (χ2n) is 5.28. The highest BCUT2D eigenvalue weighted by Gasteiger charge is 2.35. The highest BCUT2D eigenvalue weighted by Crippen LogP contribution is 2.28. The fraction of sp³-hybridized carbons (Fsp3) is 0.429. The van der Waals surface area contributed by atoms with Crippen molar-refractivity contribution in [3.05, 3.63) is 41.4 Å². The summed E-state index contributed by atoms with van der Waals surface area (Å²) in [6, 6.07) is 1.70. The van der Waals surface area contributed by atoms with Crippen molar-refractivity contribution in [3.63, 3.8) is 0 Å². The van der Waals surface area contributed by atoms with E-state index in [2.05, 4.69) is 19.9 Å². The molecule has 1 atom stereocenters. The molecule has 0 aliphatic carbocycles. The number of aliphatic hydroxyl groups excluding tert-OH is 1. The SMILES string of the molecule is CC(O)c1nccc(N2CCc3nc(C(F)(F)F)ncc3C2)n1. The number of nitrogens with zero attached hydrogens (tertiary/aromatic N) is 5. The first-order valence-electron chi connectivity index (χ1n) is 7.02. The Kier molecular flexibility index (Phi) is 3.88. The maximum Gasteiger partial charge on any atom is 0.451 e. The first-order valence-corrected chi connectivity index (χ1v) is 7.02. The van der Waals surface area contributed by atoms with Crippen LogP contribution in [0.15, 0.2) is 18.5 Å². The molecule has 3 rings (SSSR count). The van der Waals surface area contributed by atoms with Crippen LogP contribution in [0.2, 0.25) is 0 Å². The van der Waals surface area contributed by atoms with Crippen LogP contribution in [0.25, 0.3) is 0 Å². The average molecular weight is 325 g/mol. The summed E-state index contributed by atoms with van der Waals surface area (Å²) in [5.74, 6) is -0.193. The summed E-state index contributed by atoms with van der Waals surface area (Å²) in [5, 5.41) is 9.54. The Hall–Kier alpha value is -2.29. The van der Waals surface area contributed by atoms with Gasteiger partial charge in [0.05, 0.1) is 5.69 Å². The molecule has 0 saturated carbocycles. The molecule has 0 aromatic carbocycles. The molecule has 6 nitrogen and oxygen atoms in total. The number of hydrogen-bond donors (Lipinski definition) is 1. The van der Waals surface area contributed by atoms with Gasteiger partial charge in [0.1, 0.15) is 11.9 Å². The molecule has 0 amide bonds. The van der Waals surface area contributed by atoms with Gasteiger partial charge in [-0.3, -0.25) is 0 Å². The predicted octanol–water partition coefficient (Wildman–Crippen LogP) is 1.90. The number of hydrogen-bond acceptors (Lipinski definition) is 6. The zero-order valence-corrected chi connectivity index (χ0v) is 12.2. The van der Waals surface area contributed by atoms with Crippen molar-refractivity contribution in [2.75, 3.05) is 11.4 Å². The van der Waals surface area contributed by atoms with Crippen molar-refractivity contribution in [2.45, 2.75) is 32.2 Å². The molecule has 1 N–H and O–H groups in total. The first-order chi connectivity index (χ1) is 10.8. The van der Waals surface area contributed by atoms with Crippen molar-refractivity contribution in [1.29, 1.82) is 0 Å². The predicted molar refractivity (Wildman–Crippen MR) is 74.5 cm³/mol. The third-order valence-corrected chi connectivity index (χ3v) is 3.54. The van der Waals surface area contributed by atoms with Gasteiger partial charge in [-0.1, -0.05) is 0 Å². The minimum absolute atomic E-state index is 0.303. The molecule has 0 saturated heterocycles. The molecule has 23 heavy (non-hydrogen) atoms. The zero-order chi connectivity index (χ0) is 16.6. The number of rotatable bonds is 2. The summed E-state index contributed by atoms with van der Waals surface area (Å²) in [7, 11) is 0. The van der Waals surface area contributed by atoms with E-state index in [1.165, 1.54) is 6.20 Å². The van der Waals surface area contributed by atoms with E-state index in [0.717, 1.165) is 0 Å². The Morgan fingerprint density at radius 3 is 2.74 bits per heavy atom. The van der Waals surface area contributed by atoms with Gasteiger partial charge in [-0.15, -0.1) is 0 Å². The molecular formula is C14H14F3N5O. The van der Waals surface area contributed by atoms with Crippen LogP contribution < -0.4 is 4.90 Å². The van der Waals surface area contributed by atoms with Crippen LogP contribution in [0, 0.1) is 0 Å². The van der Waals surface area contributed by atoms with Gasteiger partial charge in [0.15, 0.2) is 5.82 Å². The summed E-state index contributed by atoms with van der Waals surface area (Å²) < 4.78 is 37.9. The van der Waals surface area contributed by atoms with E-state index in [-0.39, 0.29) is 0 Å². The van der Waals surface area contributed by atoms with Crippen LogP contribution in [0.5, 0.6) is 0 Å². The fourth-order valence-corrected chi connectivity index (χ4v) is 2.39. The lowest BCUT2D eigenvalue weighted by molar-refractivity contribution is -0.145. The largest absolute Gasteiger partial charge is 0.451 e. The van der Waals surface area contributed by atoms with Crippen molar-refractivity contribution in [3.8, 4) is 0 Å². The Balaban J connectivity index is 1.85. The monoisotopic (exact) mass is 325 g/mol. The van der Waals surface area contributed by atoms with Crippen LogP contribution in [0.1, 0.15) is 35.9 Å². The molecule has 1 unspecified atom stereocenters. The third-order valence-electron chi connectivity index (χ3n) is 3.54. The summed E-state index contributed by atoms with van der Waals surface area (Å²) in [6.45, 7) is 2.42. The van der Waals surface area contributed by atoms with Crippen molar-refractivity contribution in [2.24, 2.45) is 0 Å². The van der Waals surface area contributed by atoms with Crippen molar-refractivity contribution < 1.29 is 18.3 Å². The quantitative estimate of drug-likeness (QED) is 0.909. The van der Waals surface area contributed by atoms with E-state index >= 15 is 0 Å². The fourth-order valence-electron chi connectivity index (χ4n) is 2.39. The number of alkyl halides is 3. The molecule has 2 aromatic rings. The minimum atomic E-state index is -4.54. The normalized spacial score (nSPS) is 16.1. The molecular weight excluding hydrogens is 311 g/mol. The van der Waals surface area contributed by atoms with Crippen LogP contribution in [0.3, 0.4) is 0 Å². The molecule has 1 aliphatic rings. The summed E-state index contributed by atoms with van der Waals surface area (Å²) in [5.41, 5.74) is 1.05. The van der Waals surface area contributed by atoms with E-state index in [9.17, 15) is 18.3 Å². The highest BCUT2D eigenvalue weighted by molar-refractivity contribution is 5.42. The topological polar surface area (TPSA) is 75.0 Å². The zero-order valence-electron chi connectivity index (χ0n) is 12.2. The Morgan fingerprint density at radius 2 is 2.04 bits per heavy atom. The lowest BCUT2D eigenvalue weighted by Crippen LogP contribution is -2.32. The Morgan fingerprint density at radius 1 is 1.26 bits per heavy atom. The van der Waals surface area contributed by atoms with E-state index in [4.69, 9.17) is 0 Å². The van der Waals surface area contributed by atoms with Crippen molar-refractivity contribution >= 4 is 5.82 Å². The van der Waals surface area contributed by atoms with E-state index in [0.29, 0.717) is 42.4 Å². The Labute approximate surface area is 130 Å².